The van der Waals surface area contributed by atoms with Crippen molar-refractivity contribution in [2.75, 3.05) is 17.7 Å². The van der Waals surface area contributed by atoms with Crippen LogP contribution in [-0.4, -0.2) is 27.8 Å². The molecule has 0 saturated carbocycles. The van der Waals surface area contributed by atoms with Crippen molar-refractivity contribution in [1.29, 1.82) is 0 Å². The second-order valence-electron chi connectivity index (χ2n) is 6.30. The molecule has 0 aliphatic carbocycles. The van der Waals surface area contributed by atoms with Crippen molar-refractivity contribution >= 4 is 23.0 Å². The lowest BCUT2D eigenvalue weighted by atomic mass is 10.1. The zero-order valence-electron chi connectivity index (χ0n) is 15.9. The Kier molecular flexibility index (Phi) is 5.68. The van der Waals surface area contributed by atoms with E-state index >= 15 is 0 Å². The Morgan fingerprint density at radius 3 is 2.48 bits per heavy atom. The molecule has 0 unspecified atom stereocenters. The number of hydrogen-bond acceptors (Lipinski definition) is 6. The van der Waals surface area contributed by atoms with Crippen LogP contribution < -0.4 is 27.1 Å². The number of hydrogen-bond donors (Lipinski definition) is 5. The van der Waals surface area contributed by atoms with Crippen LogP contribution in [0.4, 0.5) is 17.1 Å². The molecule has 0 aliphatic rings. The summed E-state index contributed by atoms with van der Waals surface area (Å²) in [6.45, 7) is 0.316. The van der Waals surface area contributed by atoms with E-state index in [1.165, 1.54) is 26.2 Å². The van der Waals surface area contributed by atoms with Gasteiger partial charge in [-0.3, -0.25) is 24.2 Å². The number of aromatic nitrogens is 2. The van der Waals surface area contributed by atoms with Crippen molar-refractivity contribution in [2.45, 2.75) is 6.54 Å². The van der Waals surface area contributed by atoms with Gasteiger partial charge in [0.1, 0.15) is 11.4 Å². The van der Waals surface area contributed by atoms with E-state index in [4.69, 9.17) is 0 Å². The lowest BCUT2D eigenvalue weighted by molar-refractivity contribution is 0.0960. The zero-order valence-corrected chi connectivity index (χ0v) is 15.9. The van der Waals surface area contributed by atoms with Crippen LogP contribution in [0.1, 0.15) is 15.9 Å². The summed E-state index contributed by atoms with van der Waals surface area (Å²) in [6, 6.07) is 13.9. The third-order valence-corrected chi connectivity index (χ3v) is 4.34. The van der Waals surface area contributed by atoms with E-state index in [0.29, 0.717) is 6.54 Å². The van der Waals surface area contributed by atoms with Crippen LogP contribution in [0.3, 0.4) is 0 Å². The fourth-order valence-electron chi connectivity index (χ4n) is 2.82. The second kappa shape index (κ2) is 8.34. The molecule has 150 valence electrons. The summed E-state index contributed by atoms with van der Waals surface area (Å²) in [5.41, 5.74) is 0.0492. The third kappa shape index (κ3) is 4.13. The van der Waals surface area contributed by atoms with Crippen LogP contribution in [0.2, 0.25) is 0 Å². The van der Waals surface area contributed by atoms with Crippen molar-refractivity contribution in [1.82, 2.24) is 15.1 Å². The molecule has 9 nitrogen and oxygen atoms in total. The van der Waals surface area contributed by atoms with Gasteiger partial charge in [0.2, 0.25) is 0 Å². The summed E-state index contributed by atoms with van der Waals surface area (Å²) < 4.78 is 1.04. The molecule has 0 saturated heterocycles. The number of anilines is 3. The largest absolute Gasteiger partial charge is 0.505 e. The van der Waals surface area contributed by atoms with E-state index in [2.05, 4.69) is 21.0 Å². The van der Waals surface area contributed by atoms with Gasteiger partial charge in [0.15, 0.2) is 5.75 Å². The van der Waals surface area contributed by atoms with E-state index in [1.807, 2.05) is 30.3 Å². The monoisotopic (exact) mass is 395 g/mol. The van der Waals surface area contributed by atoms with Crippen LogP contribution in [-0.2, 0) is 13.6 Å². The highest BCUT2D eigenvalue weighted by molar-refractivity contribution is 5.99. The second-order valence-corrected chi connectivity index (χ2v) is 6.30. The van der Waals surface area contributed by atoms with Gasteiger partial charge >= 0.3 is 0 Å². The first-order valence-electron chi connectivity index (χ1n) is 8.84. The number of carbonyl (C=O) groups is 1. The molecule has 1 aromatic heterocycles. The van der Waals surface area contributed by atoms with Gasteiger partial charge in [0, 0.05) is 20.6 Å². The standard InChI is InChI=1S/C20H21N5O4/c1-21-18(27)13-9-6-10-14(17(13)26)23-16-15(19(28)24-25(2)20(16)29)22-11-12-7-4-3-5-8-12/h3-10,22-23,26H,11H2,1-2H3,(H,21,27)(H,24,28). The van der Waals surface area contributed by atoms with Crippen LogP contribution in [0.5, 0.6) is 5.75 Å². The van der Waals surface area contributed by atoms with E-state index in [0.717, 1.165) is 10.2 Å². The van der Waals surface area contributed by atoms with Crippen LogP contribution in [0.25, 0.3) is 0 Å². The van der Waals surface area contributed by atoms with Gasteiger partial charge in [-0.2, -0.15) is 0 Å². The topological polar surface area (TPSA) is 128 Å². The van der Waals surface area contributed by atoms with Crippen LogP contribution in [0, 0.1) is 0 Å². The summed E-state index contributed by atoms with van der Waals surface area (Å²) in [5.74, 6) is -0.810. The van der Waals surface area contributed by atoms with E-state index in [9.17, 15) is 19.5 Å². The molecule has 3 aromatic rings. The third-order valence-electron chi connectivity index (χ3n) is 4.34. The van der Waals surface area contributed by atoms with Crippen molar-refractivity contribution < 1.29 is 9.90 Å². The molecule has 0 atom stereocenters. The number of carbonyl (C=O) groups excluding carboxylic acids is 1. The Morgan fingerprint density at radius 1 is 1.07 bits per heavy atom. The molecule has 2 aromatic carbocycles. The molecule has 1 amide bonds. The summed E-state index contributed by atoms with van der Waals surface area (Å²) >= 11 is 0. The summed E-state index contributed by atoms with van der Waals surface area (Å²) in [5, 5.41) is 21.1. The van der Waals surface area contributed by atoms with Gasteiger partial charge in [-0.15, -0.1) is 0 Å². The number of nitrogens with zero attached hydrogens (tertiary/aromatic N) is 1. The fourth-order valence-corrected chi connectivity index (χ4v) is 2.82. The minimum atomic E-state index is -0.509. The highest BCUT2D eigenvalue weighted by Gasteiger charge is 2.18. The number of aromatic amines is 1. The van der Waals surface area contributed by atoms with Gasteiger partial charge in [-0.1, -0.05) is 36.4 Å². The number of nitrogens with one attached hydrogen (secondary N) is 4. The summed E-state index contributed by atoms with van der Waals surface area (Å²) in [4.78, 5) is 37.1. The Labute approximate surface area is 166 Å². The molecule has 0 bridgehead atoms. The molecule has 1 heterocycles. The average molecular weight is 395 g/mol. The Balaban J connectivity index is 2.02. The number of phenols is 1. The highest BCUT2D eigenvalue weighted by Crippen LogP contribution is 2.30. The van der Waals surface area contributed by atoms with Crippen LogP contribution in [0.15, 0.2) is 58.1 Å². The molecule has 5 N–H and O–H groups in total. The maximum Gasteiger partial charge on any atom is 0.290 e. The first kappa shape index (κ1) is 19.7. The van der Waals surface area contributed by atoms with Gasteiger partial charge in [-0.25, -0.2) is 0 Å². The number of para-hydroxylation sites is 1. The van der Waals surface area contributed by atoms with Crippen molar-refractivity contribution in [2.24, 2.45) is 7.05 Å². The predicted octanol–water partition coefficient (Wildman–Crippen LogP) is 1.49. The fraction of sp³-hybridized carbons (Fsp3) is 0.150. The summed E-state index contributed by atoms with van der Waals surface area (Å²) in [6.07, 6.45) is 0. The Bertz CT molecular complexity index is 1150. The van der Waals surface area contributed by atoms with Gasteiger partial charge < -0.3 is 21.1 Å². The quantitative estimate of drug-likeness (QED) is 0.402. The zero-order chi connectivity index (χ0) is 21.0. The summed E-state index contributed by atoms with van der Waals surface area (Å²) in [7, 11) is 2.86. The number of aromatic hydroxyl groups is 1. The van der Waals surface area contributed by atoms with Crippen molar-refractivity contribution in [3.63, 3.8) is 0 Å². The lowest BCUT2D eigenvalue weighted by Gasteiger charge is -2.15. The molecular formula is C20H21N5O4. The minimum absolute atomic E-state index is 0.0294. The molecule has 9 heteroatoms. The Hall–Kier alpha value is -4.01. The SMILES string of the molecule is CNC(=O)c1cccc(Nc2c(NCc3ccccc3)c(=O)[nH]n(C)c2=O)c1O. The smallest absolute Gasteiger partial charge is 0.290 e. The minimum Gasteiger partial charge on any atom is -0.505 e. The first-order chi connectivity index (χ1) is 13.9. The molecule has 29 heavy (non-hydrogen) atoms. The van der Waals surface area contributed by atoms with Gasteiger partial charge in [-0.05, 0) is 17.7 Å². The van der Waals surface area contributed by atoms with Gasteiger partial charge in [0.25, 0.3) is 17.0 Å². The first-order valence-corrected chi connectivity index (χ1v) is 8.84. The molecule has 0 fully saturated rings. The molecule has 0 spiro atoms. The van der Waals surface area contributed by atoms with E-state index in [-0.39, 0.29) is 28.4 Å². The number of H-pyrrole nitrogens is 1. The van der Waals surface area contributed by atoms with Crippen molar-refractivity contribution in [3.05, 3.63) is 80.4 Å². The normalized spacial score (nSPS) is 10.4. The Morgan fingerprint density at radius 2 is 1.79 bits per heavy atom. The highest BCUT2D eigenvalue weighted by atomic mass is 16.3. The van der Waals surface area contributed by atoms with Crippen LogP contribution >= 0.6 is 0 Å². The maximum atomic E-state index is 12.7. The number of amides is 1. The van der Waals surface area contributed by atoms with Gasteiger partial charge in [0.05, 0.1) is 11.3 Å². The maximum absolute atomic E-state index is 12.7. The van der Waals surface area contributed by atoms with Crippen molar-refractivity contribution in [3.8, 4) is 5.75 Å². The molecule has 0 radical (unpaired) electrons. The average Bonchev–Trinajstić information content (AvgIpc) is 2.73. The molecular weight excluding hydrogens is 374 g/mol. The molecule has 3 rings (SSSR count). The number of aryl methyl sites for hydroxylation is 1. The predicted molar refractivity (Wildman–Crippen MR) is 111 cm³/mol. The lowest BCUT2D eigenvalue weighted by Crippen LogP contribution is -2.31. The molecule has 0 aliphatic heterocycles. The number of benzene rings is 2. The van der Waals surface area contributed by atoms with E-state index < -0.39 is 17.0 Å². The number of phenolic OH excluding ortho intramolecular Hbond substituents is 1. The number of rotatable bonds is 6. The van der Waals surface area contributed by atoms with E-state index in [1.54, 1.807) is 6.07 Å².